The van der Waals surface area contributed by atoms with Crippen molar-refractivity contribution in [2.24, 2.45) is 5.92 Å². The van der Waals surface area contributed by atoms with Gasteiger partial charge in [-0.25, -0.2) is 4.79 Å². The lowest BCUT2D eigenvalue weighted by Crippen LogP contribution is -2.47. The number of hydrogen-bond donors (Lipinski definition) is 0. The van der Waals surface area contributed by atoms with Crippen LogP contribution < -0.4 is 4.74 Å². The molecule has 0 fully saturated rings. The monoisotopic (exact) mass is 419 g/mol. The number of nitrogens with zero attached hydrogens (tertiary/aromatic N) is 1. The second-order valence-electron chi connectivity index (χ2n) is 7.12. The molecule has 28 heavy (non-hydrogen) atoms. The van der Waals surface area contributed by atoms with Gasteiger partial charge in [0.2, 0.25) is 0 Å². The molecule has 0 saturated heterocycles. The summed E-state index contributed by atoms with van der Waals surface area (Å²) in [5, 5.41) is 0.345. The molecule has 2 aromatic carbocycles. The van der Waals surface area contributed by atoms with Gasteiger partial charge in [0, 0.05) is 0 Å². The van der Waals surface area contributed by atoms with Gasteiger partial charge in [0.1, 0.15) is 11.8 Å². The van der Waals surface area contributed by atoms with E-state index in [-0.39, 0.29) is 33.5 Å². The Morgan fingerprint density at radius 3 is 2.07 bits per heavy atom. The highest BCUT2D eigenvalue weighted by Gasteiger charge is 2.44. The SMILES string of the molecule is Cc1ccccc1OC(=O)[C@H](CC(C)C)N1C(=O)c2cc(Cl)c(Cl)cc2C1=O. The number of hydrogen-bond acceptors (Lipinski definition) is 4. The maximum atomic E-state index is 12.9. The quantitative estimate of drug-likeness (QED) is 0.392. The van der Waals surface area contributed by atoms with Crippen LogP contribution in [0.1, 0.15) is 46.5 Å². The van der Waals surface area contributed by atoms with Crippen molar-refractivity contribution in [3.8, 4) is 5.75 Å². The second-order valence-corrected chi connectivity index (χ2v) is 7.94. The zero-order valence-corrected chi connectivity index (χ0v) is 17.2. The van der Waals surface area contributed by atoms with Crippen LogP contribution in [0.15, 0.2) is 36.4 Å². The Kier molecular flexibility index (Phi) is 5.77. The zero-order valence-electron chi connectivity index (χ0n) is 15.7. The van der Waals surface area contributed by atoms with Gasteiger partial charge in [-0.05, 0) is 43.0 Å². The van der Waals surface area contributed by atoms with Gasteiger partial charge in [0.25, 0.3) is 11.8 Å². The summed E-state index contributed by atoms with van der Waals surface area (Å²) in [6.07, 6.45) is 0.275. The molecule has 1 atom stereocenters. The molecule has 0 aromatic heterocycles. The lowest BCUT2D eigenvalue weighted by atomic mass is 10.0. The van der Waals surface area contributed by atoms with Gasteiger partial charge in [-0.1, -0.05) is 55.2 Å². The molecule has 2 amide bonds. The minimum atomic E-state index is -1.05. The van der Waals surface area contributed by atoms with Crippen LogP contribution in [0.5, 0.6) is 5.75 Å². The Labute approximate surface area is 173 Å². The van der Waals surface area contributed by atoms with E-state index >= 15 is 0 Å². The van der Waals surface area contributed by atoms with Gasteiger partial charge in [-0.2, -0.15) is 0 Å². The zero-order chi connectivity index (χ0) is 20.6. The molecule has 1 aliphatic rings. The minimum Gasteiger partial charge on any atom is -0.425 e. The summed E-state index contributed by atoms with van der Waals surface area (Å²) in [6, 6.07) is 8.73. The standard InChI is InChI=1S/C21H19Cl2NO4/c1-11(2)8-17(21(27)28-18-7-5-4-6-12(18)3)24-19(25)13-9-15(22)16(23)10-14(13)20(24)26/h4-7,9-11,17H,8H2,1-3H3/t17-/m0/s1. The Bertz CT molecular complexity index is 930. The van der Waals surface area contributed by atoms with Crippen LogP contribution in [0.4, 0.5) is 0 Å². The Hall–Kier alpha value is -2.37. The molecule has 0 radical (unpaired) electrons. The summed E-state index contributed by atoms with van der Waals surface area (Å²) in [6.45, 7) is 5.62. The molecule has 2 aromatic rings. The molecule has 1 aliphatic heterocycles. The van der Waals surface area contributed by atoms with Crippen molar-refractivity contribution in [3.05, 3.63) is 63.1 Å². The van der Waals surface area contributed by atoms with E-state index in [4.69, 9.17) is 27.9 Å². The van der Waals surface area contributed by atoms with Gasteiger partial charge in [-0.15, -0.1) is 0 Å². The van der Waals surface area contributed by atoms with E-state index in [1.165, 1.54) is 12.1 Å². The Morgan fingerprint density at radius 1 is 1.04 bits per heavy atom. The molecule has 146 valence electrons. The van der Waals surface area contributed by atoms with Crippen molar-refractivity contribution in [1.82, 2.24) is 4.90 Å². The van der Waals surface area contributed by atoms with Crippen LogP contribution in [-0.2, 0) is 4.79 Å². The van der Waals surface area contributed by atoms with Gasteiger partial charge >= 0.3 is 5.97 Å². The largest absolute Gasteiger partial charge is 0.425 e. The fourth-order valence-corrected chi connectivity index (χ4v) is 3.46. The van der Waals surface area contributed by atoms with E-state index in [0.29, 0.717) is 5.75 Å². The molecule has 5 nitrogen and oxygen atoms in total. The van der Waals surface area contributed by atoms with Gasteiger partial charge in [0.15, 0.2) is 0 Å². The van der Waals surface area contributed by atoms with E-state index in [1.807, 2.05) is 32.9 Å². The summed E-state index contributed by atoms with van der Waals surface area (Å²) in [5.41, 5.74) is 1.05. The highest BCUT2D eigenvalue weighted by molar-refractivity contribution is 6.43. The molecular weight excluding hydrogens is 401 g/mol. The summed E-state index contributed by atoms with van der Waals surface area (Å²) in [7, 11) is 0. The summed E-state index contributed by atoms with van der Waals surface area (Å²) in [4.78, 5) is 39.7. The number of aryl methyl sites for hydroxylation is 1. The number of para-hydroxylation sites is 1. The van der Waals surface area contributed by atoms with Gasteiger partial charge < -0.3 is 4.74 Å². The molecule has 0 aliphatic carbocycles. The first-order chi connectivity index (χ1) is 13.2. The molecule has 0 bridgehead atoms. The fourth-order valence-electron chi connectivity index (χ4n) is 3.14. The second kappa shape index (κ2) is 7.94. The number of amides is 2. The summed E-state index contributed by atoms with van der Waals surface area (Å²) in [5.74, 6) is -1.37. The Balaban J connectivity index is 1.96. The van der Waals surface area contributed by atoms with Crippen molar-refractivity contribution in [2.45, 2.75) is 33.2 Å². The van der Waals surface area contributed by atoms with Crippen molar-refractivity contribution in [3.63, 3.8) is 0 Å². The van der Waals surface area contributed by atoms with E-state index in [1.54, 1.807) is 12.1 Å². The molecule has 0 unspecified atom stereocenters. The van der Waals surface area contributed by atoms with Crippen LogP contribution in [0.2, 0.25) is 10.0 Å². The van der Waals surface area contributed by atoms with Crippen molar-refractivity contribution < 1.29 is 19.1 Å². The highest BCUT2D eigenvalue weighted by Crippen LogP contribution is 2.33. The number of esters is 1. The third-order valence-corrected chi connectivity index (χ3v) is 5.26. The van der Waals surface area contributed by atoms with Crippen LogP contribution in [0.25, 0.3) is 0 Å². The molecule has 3 rings (SSSR count). The first-order valence-electron chi connectivity index (χ1n) is 8.85. The number of imide groups is 1. The first kappa shape index (κ1) is 20.4. The van der Waals surface area contributed by atoms with Crippen molar-refractivity contribution in [2.75, 3.05) is 0 Å². The number of carbonyl (C=O) groups excluding carboxylic acids is 3. The fraction of sp³-hybridized carbons (Fsp3) is 0.286. The number of rotatable bonds is 5. The van der Waals surface area contributed by atoms with E-state index in [2.05, 4.69) is 0 Å². The van der Waals surface area contributed by atoms with Gasteiger partial charge in [0.05, 0.1) is 21.2 Å². The van der Waals surface area contributed by atoms with Crippen molar-refractivity contribution in [1.29, 1.82) is 0 Å². The number of carbonyl (C=O) groups is 3. The average molecular weight is 420 g/mol. The molecule has 0 saturated carbocycles. The molecule has 0 spiro atoms. The van der Waals surface area contributed by atoms with Crippen LogP contribution in [0.3, 0.4) is 0 Å². The minimum absolute atomic E-state index is 0.0471. The third-order valence-electron chi connectivity index (χ3n) is 4.54. The number of ether oxygens (including phenoxy) is 1. The van der Waals surface area contributed by atoms with E-state index < -0.39 is 23.8 Å². The van der Waals surface area contributed by atoms with Crippen molar-refractivity contribution >= 4 is 41.0 Å². The van der Waals surface area contributed by atoms with Crippen LogP contribution >= 0.6 is 23.2 Å². The Morgan fingerprint density at radius 2 is 1.57 bits per heavy atom. The number of fused-ring (bicyclic) bond motifs is 1. The predicted molar refractivity (Wildman–Crippen MR) is 107 cm³/mol. The summed E-state index contributed by atoms with van der Waals surface area (Å²) >= 11 is 12.0. The maximum Gasteiger partial charge on any atom is 0.334 e. The maximum absolute atomic E-state index is 12.9. The predicted octanol–water partition coefficient (Wildman–Crippen LogP) is 4.92. The third kappa shape index (κ3) is 3.77. The summed E-state index contributed by atoms with van der Waals surface area (Å²) < 4.78 is 5.53. The van der Waals surface area contributed by atoms with Gasteiger partial charge in [-0.3, -0.25) is 14.5 Å². The van der Waals surface area contributed by atoms with E-state index in [0.717, 1.165) is 10.5 Å². The first-order valence-corrected chi connectivity index (χ1v) is 9.60. The number of benzene rings is 2. The normalized spacial score (nSPS) is 14.4. The van der Waals surface area contributed by atoms with E-state index in [9.17, 15) is 14.4 Å². The molecule has 7 heteroatoms. The number of halogens is 2. The van der Waals surface area contributed by atoms with Crippen LogP contribution in [0, 0.1) is 12.8 Å². The average Bonchev–Trinajstić information content (AvgIpc) is 2.86. The van der Waals surface area contributed by atoms with Crippen LogP contribution in [-0.4, -0.2) is 28.7 Å². The molecule has 0 N–H and O–H groups in total. The lowest BCUT2D eigenvalue weighted by molar-refractivity contribution is -0.139. The topological polar surface area (TPSA) is 63.7 Å². The lowest BCUT2D eigenvalue weighted by Gasteiger charge is -2.26. The molecular formula is C21H19Cl2NO4. The molecule has 1 heterocycles. The smallest absolute Gasteiger partial charge is 0.334 e. The highest BCUT2D eigenvalue weighted by atomic mass is 35.5.